The lowest BCUT2D eigenvalue weighted by molar-refractivity contribution is 0.0927. The van der Waals surface area contributed by atoms with Crippen LogP contribution >= 0.6 is 0 Å². The normalized spacial score (nSPS) is 16.5. The van der Waals surface area contributed by atoms with Crippen molar-refractivity contribution in [3.63, 3.8) is 0 Å². The highest BCUT2D eigenvalue weighted by atomic mass is 16.1. The first-order valence-corrected chi connectivity index (χ1v) is 7.25. The number of hydrogen-bond acceptors (Lipinski definition) is 3. The predicted molar refractivity (Wildman–Crippen MR) is 77.6 cm³/mol. The molecule has 1 fully saturated rings. The minimum Gasteiger partial charge on any atom is -0.349 e. The number of hydrogen-bond donors (Lipinski definition) is 1. The summed E-state index contributed by atoms with van der Waals surface area (Å²) >= 11 is 0. The minimum absolute atomic E-state index is 0.0189. The van der Waals surface area contributed by atoms with E-state index in [0.29, 0.717) is 11.6 Å². The summed E-state index contributed by atoms with van der Waals surface area (Å²) in [5, 5.41) is 8.40. The van der Waals surface area contributed by atoms with Crippen LogP contribution in [0.5, 0.6) is 0 Å². The lowest BCUT2D eigenvalue weighted by atomic mass is 9.95. The van der Waals surface area contributed by atoms with Crippen molar-refractivity contribution in [2.45, 2.75) is 45.1 Å². The van der Waals surface area contributed by atoms with Gasteiger partial charge in [0.05, 0.1) is 11.3 Å². The van der Waals surface area contributed by atoms with E-state index in [1.807, 2.05) is 20.0 Å². The summed E-state index contributed by atoms with van der Waals surface area (Å²) in [6.45, 7) is 1.94. The van der Waals surface area contributed by atoms with Crippen molar-refractivity contribution < 1.29 is 4.79 Å². The van der Waals surface area contributed by atoms with Gasteiger partial charge in [0.2, 0.25) is 0 Å². The van der Waals surface area contributed by atoms with Crippen molar-refractivity contribution >= 4 is 16.9 Å². The molecule has 0 spiro atoms. The first-order chi connectivity index (χ1) is 9.65. The van der Waals surface area contributed by atoms with Crippen LogP contribution in [-0.2, 0) is 7.05 Å². The van der Waals surface area contributed by atoms with Gasteiger partial charge in [-0.1, -0.05) is 19.3 Å². The van der Waals surface area contributed by atoms with Gasteiger partial charge in [-0.25, -0.2) is 4.98 Å². The molecule has 1 N–H and O–H groups in total. The molecule has 2 aromatic heterocycles. The molecular weight excluding hydrogens is 252 g/mol. The van der Waals surface area contributed by atoms with E-state index >= 15 is 0 Å². The van der Waals surface area contributed by atoms with Gasteiger partial charge in [0, 0.05) is 24.7 Å². The van der Waals surface area contributed by atoms with Gasteiger partial charge in [0.1, 0.15) is 0 Å². The number of fused-ring (bicyclic) bond motifs is 1. The summed E-state index contributed by atoms with van der Waals surface area (Å²) in [7, 11) is 1.87. The number of nitrogens with zero attached hydrogens (tertiary/aromatic N) is 3. The average molecular weight is 272 g/mol. The number of pyridine rings is 1. The smallest absolute Gasteiger partial charge is 0.253 e. The van der Waals surface area contributed by atoms with E-state index in [0.717, 1.165) is 29.6 Å². The van der Waals surface area contributed by atoms with Gasteiger partial charge in [0.15, 0.2) is 5.65 Å². The second-order valence-corrected chi connectivity index (χ2v) is 5.61. The van der Waals surface area contributed by atoms with E-state index in [2.05, 4.69) is 15.4 Å². The van der Waals surface area contributed by atoms with E-state index in [9.17, 15) is 4.79 Å². The summed E-state index contributed by atoms with van der Waals surface area (Å²) in [6.07, 6.45) is 7.53. The molecule has 1 aliphatic carbocycles. The van der Waals surface area contributed by atoms with Crippen molar-refractivity contribution in [2.75, 3.05) is 0 Å². The quantitative estimate of drug-likeness (QED) is 0.912. The third-order valence-corrected chi connectivity index (χ3v) is 4.07. The molecule has 106 valence electrons. The number of carbonyl (C=O) groups excluding carboxylic acids is 1. The van der Waals surface area contributed by atoms with Crippen molar-refractivity contribution in [1.82, 2.24) is 20.1 Å². The Morgan fingerprint density at radius 3 is 2.85 bits per heavy atom. The van der Waals surface area contributed by atoms with Crippen LogP contribution in [0.2, 0.25) is 0 Å². The summed E-state index contributed by atoms with van der Waals surface area (Å²) in [5.41, 5.74) is 2.35. The minimum atomic E-state index is -0.0189. The molecule has 5 heteroatoms. The van der Waals surface area contributed by atoms with E-state index in [-0.39, 0.29) is 5.91 Å². The van der Waals surface area contributed by atoms with Gasteiger partial charge < -0.3 is 5.32 Å². The Balaban J connectivity index is 1.82. The fourth-order valence-electron chi connectivity index (χ4n) is 2.95. The molecule has 0 aromatic carbocycles. The van der Waals surface area contributed by atoms with Crippen LogP contribution in [0.4, 0.5) is 0 Å². The Hall–Kier alpha value is -1.91. The Morgan fingerprint density at radius 2 is 2.10 bits per heavy atom. The Kier molecular flexibility index (Phi) is 3.42. The number of nitrogens with one attached hydrogen (secondary N) is 1. The molecule has 0 aliphatic heterocycles. The SMILES string of the molecule is Cc1nn(C)c2ncc(C(=O)NC3CCCCC3)cc12. The zero-order valence-electron chi connectivity index (χ0n) is 12.0. The molecule has 0 atom stereocenters. The molecule has 3 rings (SSSR count). The van der Waals surface area contributed by atoms with Gasteiger partial charge in [-0.2, -0.15) is 5.10 Å². The summed E-state index contributed by atoms with van der Waals surface area (Å²) in [6, 6.07) is 2.21. The molecule has 2 aromatic rings. The molecule has 1 aliphatic rings. The lowest BCUT2D eigenvalue weighted by Crippen LogP contribution is -2.36. The van der Waals surface area contributed by atoms with Crippen LogP contribution in [0, 0.1) is 6.92 Å². The third-order valence-electron chi connectivity index (χ3n) is 4.07. The molecule has 1 amide bonds. The van der Waals surface area contributed by atoms with Gasteiger partial charge in [0.25, 0.3) is 5.91 Å². The summed E-state index contributed by atoms with van der Waals surface area (Å²) < 4.78 is 1.74. The molecule has 0 unspecified atom stereocenters. The zero-order chi connectivity index (χ0) is 14.1. The highest BCUT2D eigenvalue weighted by Gasteiger charge is 2.17. The van der Waals surface area contributed by atoms with Crippen LogP contribution in [0.15, 0.2) is 12.3 Å². The van der Waals surface area contributed by atoms with Crippen LogP contribution in [0.3, 0.4) is 0 Å². The molecule has 0 bridgehead atoms. The second-order valence-electron chi connectivity index (χ2n) is 5.61. The van der Waals surface area contributed by atoms with Crippen LogP contribution in [0.1, 0.15) is 48.2 Å². The molecular formula is C15H20N4O. The average Bonchev–Trinajstić information content (AvgIpc) is 2.75. The van der Waals surface area contributed by atoms with E-state index < -0.39 is 0 Å². The highest BCUT2D eigenvalue weighted by Crippen LogP contribution is 2.19. The van der Waals surface area contributed by atoms with Crippen LogP contribution < -0.4 is 5.32 Å². The van der Waals surface area contributed by atoms with Gasteiger partial charge in [-0.3, -0.25) is 9.48 Å². The maximum atomic E-state index is 12.3. The van der Waals surface area contributed by atoms with E-state index in [4.69, 9.17) is 0 Å². The van der Waals surface area contributed by atoms with Gasteiger partial charge >= 0.3 is 0 Å². The summed E-state index contributed by atoms with van der Waals surface area (Å²) in [4.78, 5) is 16.7. The molecule has 0 radical (unpaired) electrons. The maximum Gasteiger partial charge on any atom is 0.253 e. The zero-order valence-corrected chi connectivity index (χ0v) is 12.0. The van der Waals surface area contributed by atoms with Crippen molar-refractivity contribution in [3.05, 3.63) is 23.5 Å². The Labute approximate surface area is 118 Å². The first-order valence-electron chi connectivity index (χ1n) is 7.25. The predicted octanol–water partition coefficient (Wildman–Crippen LogP) is 2.34. The summed E-state index contributed by atoms with van der Waals surface area (Å²) in [5.74, 6) is -0.0189. The third kappa shape index (κ3) is 2.40. The van der Waals surface area contributed by atoms with Gasteiger partial charge in [-0.05, 0) is 25.8 Å². The molecule has 2 heterocycles. The van der Waals surface area contributed by atoms with Gasteiger partial charge in [-0.15, -0.1) is 0 Å². The van der Waals surface area contributed by atoms with Crippen molar-refractivity contribution in [2.24, 2.45) is 7.05 Å². The number of carbonyl (C=O) groups is 1. The molecule has 0 saturated heterocycles. The number of amides is 1. The maximum absolute atomic E-state index is 12.3. The lowest BCUT2D eigenvalue weighted by Gasteiger charge is -2.22. The molecule has 5 nitrogen and oxygen atoms in total. The highest BCUT2D eigenvalue weighted by molar-refractivity contribution is 5.97. The van der Waals surface area contributed by atoms with Crippen molar-refractivity contribution in [3.8, 4) is 0 Å². The number of rotatable bonds is 2. The topological polar surface area (TPSA) is 59.8 Å². The standard InChI is InChI=1S/C15H20N4O/c1-10-13-8-11(9-16-14(13)19(2)18-10)15(20)17-12-6-4-3-5-7-12/h8-9,12H,3-7H2,1-2H3,(H,17,20). The van der Waals surface area contributed by atoms with E-state index in [1.54, 1.807) is 10.9 Å². The monoisotopic (exact) mass is 272 g/mol. The first kappa shape index (κ1) is 13.1. The fourth-order valence-corrected chi connectivity index (χ4v) is 2.95. The second kappa shape index (κ2) is 5.23. The van der Waals surface area contributed by atoms with Crippen molar-refractivity contribution in [1.29, 1.82) is 0 Å². The number of aromatic nitrogens is 3. The Morgan fingerprint density at radius 1 is 1.35 bits per heavy atom. The molecule has 1 saturated carbocycles. The van der Waals surface area contributed by atoms with Crippen LogP contribution in [-0.4, -0.2) is 26.7 Å². The Bertz CT molecular complexity index is 641. The number of aryl methyl sites for hydroxylation is 2. The fraction of sp³-hybridized carbons (Fsp3) is 0.533. The van der Waals surface area contributed by atoms with E-state index in [1.165, 1.54) is 19.3 Å². The van der Waals surface area contributed by atoms with Crippen LogP contribution in [0.25, 0.3) is 11.0 Å². The largest absolute Gasteiger partial charge is 0.349 e. The molecule has 20 heavy (non-hydrogen) atoms.